The van der Waals surface area contributed by atoms with Crippen molar-refractivity contribution in [2.75, 3.05) is 11.1 Å². The summed E-state index contributed by atoms with van der Waals surface area (Å²) in [6.07, 6.45) is 1.12. The zero-order chi connectivity index (χ0) is 9.26. The molecule has 70 valence electrons. The van der Waals surface area contributed by atoms with Gasteiger partial charge in [0, 0.05) is 22.4 Å². The van der Waals surface area contributed by atoms with Gasteiger partial charge in [-0.2, -0.15) is 0 Å². The van der Waals surface area contributed by atoms with Gasteiger partial charge in [0.15, 0.2) is 0 Å². The molecular formula is C11H15NS. The Morgan fingerprint density at radius 3 is 3.15 bits per heavy atom. The lowest BCUT2D eigenvalue weighted by Crippen LogP contribution is -2.21. The van der Waals surface area contributed by atoms with Crippen LogP contribution in [0, 0.1) is 0 Å². The first-order valence-electron chi connectivity index (χ1n) is 4.82. The van der Waals surface area contributed by atoms with Crippen molar-refractivity contribution in [2.24, 2.45) is 0 Å². The van der Waals surface area contributed by atoms with Crippen LogP contribution in [0.25, 0.3) is 0 Å². The minimum atomic E-state index is 0.601. The summed E-state index contributed by atoms with van der Waals surface area (Å²) in [4.78, 5) is 1.40. The second-order valence-corrected chi connectivity index (χ2v) is 4.60. The van der Waals surface area contributed by atoms with Crippen LogP contribution >= 0.6 is 11.8 Å². The lowest BCUT2D eigenvalue weighted by molar-refractivity contribution is 0.892. The third-order valence-corrected chi connectivity index (χ3v) is 3.68. The molecule has 0 aromatic heterocycles. The average molecular weight is 193 g/mol. The molecule has 1 nitrogen and oxygen atoms in total. The maximum atomic E-state index is 3.51. The van der Waals surface area contributed by atoms with E-state index in [2.05, 4.69) is 37.4 Å². The molecule has 1 atom stereocenters. The van der Waals surface area contributed by atoms with Crippen molar-refractivity contribution in [2.45, 2.75) is 31.2 Å². The molecule has 2 rings (SSSR count). The number of rotatable bonds is 1. The topological polar surface area (TPSA) is 12.0 Å². The largest absolute Gasteiger partial charge is 0.381 e. The Kier molecular flexibility index (Phi) is 2.49. The highest BCUT2D eigenvalue weighted by Crippen LogP contribution is 2.33. The van der Waals surface area contributed by atoms with Crippen molar-refractivity contribution < 1.29 is 0 Å². The summed E-state index contributed by atoms with van der Waals surface area (Å²) in [5.41, 5.74) is 2.74. The summed E-state index contributed by atoms with van der Waals surface area (Å²) in [5, 5.41) is 3.51. The Morgan fingerprint density at radius 2 is 2.38 bits per heavy atom. The summed E-state index contributed by atoms with van der Waals surface area (Å²) in [5.74, 6) is 1.18. The SMILES string of the molecule is CCc1ccc2c(c1)NC(C)CS2. The number of aryl methyl sites for hydroxylation is 1. The van der Waals surface area contributed by atoms with Gasteiger partial charge in [-0.3, -0.25) is 0 Å². The number of hydrogen-bond acceptors (Lipinski definition) is 2. The van der Waals surface area contributed by atoms with Gasteiger partial charge in [-0.25, -0.2) is 0 Å². The fraction of sp³-hybridized carbons (Fsp3) is 0.455. The zero-order valence-corrected chi connectivity index (χ0v) is 8.95. The molecule has 2 heteroatoms. The van der Waals surface area contributed by atoms with Gasteiger partial charge in [0.2, 0.25) is 0 Å². The Balaban J connectivity index is 2.32. The standard InChI is InChI=1S/C11H15NS/c1-3-9-4-5-11-10(6-9)12-8(2)7-13-11/h4-6,8,12H,3,7H2,1-2H3. The molecule has 1 N–H and O–H groups in total. The van der Waals surface area contributed by atoms with Gasteiger partial charge in [-0.05, 0) is 31.0 Å². The number of benzene rings is 1. The van der Waals surface area contributed by atoms with E-state index in [1.807, 2.05) is 11.8 Å². The zero-order valence-electron chi connectivity index (χ0n) is 8.13. The van der Waals surface area contributed by atoms with Crippen molar-refractivity contribution in [3.63, 3.8) is 0 Å². The summed E-state index contributed by atoms with van der Waals surface area (Å²) in [7, 11) is 0. The molecule has 13 heavy (non-hydrogen) atoms. The van der Waals surface area contributed by atoms with E-state index in [1.54, 1.807) is 0 Å². The smallest absolute Gasteiger partial charge is 0.0483 e. The van der Waals surface area contributed by atoms with Crippen LogP contribution in [-0.4, -0.2) is 11.8 Å². The highest BCUT2D eigenvalue weighted by molar-refractivity contribution is 7.99. The third kappa shape index (κ3) is 1.83. The van der Waals surface area contributed by atoms with Gasteiger partial charge in [0.1, 0.15) is 0 Å². The fourth-order valence-corrected chi connectivity index (χ4v) is 2.51. The van der Waals surface area contributed by atoms with Crippen LogP contribution in [0.5, 0.6) is 0 Å². The summed E-state index contributed by atoms with van der Waals surface area (Å²) in [6, 6.07) is 7.34. The van der Waals surface area contributed by atoms with E-state index in [0.29, 0.717) is 6.04 Å². The Morgan fingerprint density at radius 1 is 1.54 bits per heavy atom. The van der Waals surface area contributed by atoms with Crippen LogP contribution in [0.3, 0.4) is 0 Å². The number of hydrogen-bond donors (Lipinski definition) is 1. The second kappa shape index (κ2) is 3.62. The van der Waals surface area contributed by atoms with Crippen molar-refractivity contribution in [3.8, 4) is 0 Å². The maximum absolute atomic E-state index is 3.51. The number of thioether (sulfide) groups is 1. The number of fused-ring (bicyclic) bond motifs is 1. The molecule has 0 aliphatic carbocycles. The predicted molar refractivity (Wildman–Crippen MR) is 59.6 cm³/mol. The van der Waals surface area contributed by atoms with Gasteiger partial charge < -0.3 is 5.32 Å². The molecule has 1 aliphatic heterocycles. The third-order valence-electron chi connectivity index (χ3n) is 2.34. The van der Waals surface area contributed by atoms with E-state index in [0.717, 1.165) is 6.42 Å². The molecule has 0 saturated heterocycles. The summed E-state index contributed by atoms with van der Waals surface area (Å²) < 4.78 is 0. The molecule has 0 amide bonds. The molecular weight excluding hydrogens is 178 g/mol. The van der Waals surface area contributed by atoms with Crippen LogP contribution in [-0.2, 0) is 6.42 Å². The van der Waals surface area contributed by atoms with Gasteiger partial charge in [-0.1, -0.05) is 13.0 Å². The number of nitrogens with one attached hydrogen (secondary N) is 1. The van der Waals surface area contributed by atoms with E-state index in [9.17, 15) is 0 Å². The quantitative estimate of drug-likeness (QED) is 0.735. The van der Waals surface area contributed by atoms with Gasteiger partial charge in [-0.15, -0.1) is 11.8 Å². The fourth-order valence-electron chi connectivity index (χ4n) is 1.56. The first kappa shape index (κ1) is 8.95. The van der Waals surface area contributed by atoms with Crippen LogP contribution in [0.2, 0.25) is 0 Å². The minimum absolute atomic E-state index is 0.601. The monoisotopic (exact) mass is 193 g/mol. The van der Waals surface area contributed by atoms with Crippen molar-refractivity contribution in [1.82, 2.24) is 0 Å². The minimum Gasteiger partial charge on any atom is -0.381 e. The van der Waals surface area contributed by atoms with E-state index in [-0.39, 0.29) is 0 Å². The summed E-state index contributed by atoms with van der Waals surface area (Å²) in [6.45, 7) is 4.43. The van der Waals surface area contributed by atoms with E-state index < -0.39 is 0 Å². The highest BCUT2D eigenvalue weighted by atomic mass is 32.2. The van der Waals surface area contributed by atoms with Crippen molar-refractivity contribution in [3.05, 3.63) is 23.8 Å². The molecule has 0 spiro atoms. The van der Waals surface area contributed by atoms with Crippen LogP contribution in [0.1, 0.15) is 19.4 Å². The lowest BCUT2D eigenvalue weighted by atomic mass is 10.1. The Hall–Kier alpha value is -0.630. The normalized spacial score (nSPS) is 20.6. The van der Waals surface area contributed by atoms with Crippen LogP contribution < -0.4 is 5.32 Å². The van der Waals surface area contributed by atoms with Gasteiger partial charge in [0.05, 0.1) is 0 Å². The van der Waals surface area contributed by atoms with Gasteiger partial charge >= 0.3 is 0 Å². The molecule has 0 radical (unpaired) electrons. The molecule has 1 aromatic carbocycles. The lowest BCUT2D eigenvalue weighted by Gasteiger charge is -2.23. The van der Waals surface area contributed by atoms with Crippen molar-refractivity contribution >= 4 is 17.4 Å². The first-order valence-corrected chi connectivity index (χ1v) is 5.80. The molecule has 1 unspecified atom stereocenters. The molecule has 1 aromatic rings. The Bertz CT molecular complexity index is 309. The average Bonchev–Trinajstić information content (AvgIpc) is 2.16. The maximum Gasteiger partial charge on any atom is 0.0483 e. The summed E-state index contributed by atoms with van der Waals surface area (Å²) >= 11 is 1.95. The molecule has 0 bridgehead atoms. The van der Waals surface area contributed by atoms with Crippen molar-refractivity contribution in [1.29, 1.82) is 0 Å². The van der Waals surface area contributed by atoms with Crippen LogP contribution in [0.4, 0.5) is 5.69 Å². The molecule has 0 fully saturated rings. The molecule has 1 aliphatic rings. The molecule has 0 saturated carbocycles. The van der Waals surface area contributed by atoms with E-state index in [4.69, 9.17) is 0 Å². The first-order chi connectivity index (χ1) is 6.29. The van der Waals surface area contributed by atoms with Crippen LogP contribution in [0.15, 0.2) is 23.1 Å². The van der Waals surface area contributed by atoms with Gasteiger partial charge in [0.25, 0.3) is 0 Å². The predicted octanol–water partition coefficient (Wildman–Crippen LogP) is 3.16. The van der Waals surface area contributed by atoms with E-state index in [1.165, 1.54) is 21.9 Å². The number of anilines is 1. The second-order valence-electron chi connectivity index (χ2n) is 3.54. The van der Waals surface area contributed by atoms with E-state index >= 15 is 0 Å². The highest BCUT2D eigenvalue weighted by Gasteiger charge is 2.13. The Labute approximate surface area is 83.9 Å². The molecule has 1 heterocycles.